The van der Waals surface area contributed by atoms with E-state index in [0.29, 0.717) is 19.7 Å². The Labute approximate surface area is 120 Å². The average molecular weight is 283 g/mol. The molecule has 0 aromatic rings. The molecule has 2 fully saturated rings. The highest BCUT2D eigenvalue weighted by Gasteiger charge is 2.27. The Morgan fingerprint density at radius 2 is 2.25 bits per heavy atom. The Kier molecular flexibility index (Phi) is 5.37. The van der Waals surface area contributed by atoms with Crippen molar-refractivity contribution in [3.8, 4) is 0 Å². The van der Waals surface area contributed by atoms with Gasteiger partial charge in [-0.15, -0.1) is 0 Å². The highest BCUT2D eigenvalue weighted by atomic mass is 16.5. The monoisotopic (exact) mass is 283 g/mol. The Bertz CT molecular complexity index is 362. The predicted molar refractivity (Wildman–Crippen MR) is 75.2 cm³/mol. The van der Waals surface area contributed by atoms with Crippen LogP contribution in [0.3, 0.4) is 0 Å². The van der Waals surface area contributed by atoms with Crippen LogP contribution < -0.4 is 10.6 Å². The number of ether oxygens (including phenoxy) is 1. The number of rotatable bonds is 3. The molecule has 0 aromatic carbocycles. The lowest BCUT2D eigenvalue weighted by molar-refractivity contribution is -0.131. The van der Waals surface area contributed by atoms with Gasteiger partial charge in [0.1, 0.15) is 6.04 Å². The van der Waals surface area contributed by atoms with E-state index >= 15 is 0 Å². The first-order valence-electron chi connectivity index (χ1n) is 7.49. The van der Waals surface area contributed by atoms with Crippen molar-refractivity contribution < 1.29 is 14.3 Å². The summed E-state index contributed by atoms with van der Waals surface area (Å²) in [6.07, 6.45) is 2.83. The van der Waals surface area contributed by atoms with Crippen molar-refractivity contribution in [2.45, 2.75) is 51.3 Å². The summed E-state index contributed by atoms with van der Waals surface area (Å²) in [6, 6.07) is -0.140. The summed E-state index contributed by atoms with van der Waals surface area (Å²) in [6.45, 7) is 6.51. The topological polar surface area (TPSA) is 70.7 Å². The second-order valence-corrected chi connectivity index (χ2v) is 5.83. The van der Waals surface area contributed by atoms with Crippen LogP contribution >= 0.6 is 0 Å². The lowest BCUT2D eigenvalue weighted by atomic mass is 10.1. The van der Waals surface area contributed by atoms with Gasteiger partial charge in [0.25, 0.3) is 0 Å². The second-order valence-electron chi connectivity index (χ2n) is 5.83. The van der Waals surface area contributed by atoms with Gasteiger partial charge < -0.3 is 15.4 Å². The average Bonchev–Trinajstić information content (AvgIpc) is 2.59. The van der Waals surface area contributed by atoms with E-state index in [-0.39, 0.29) is 30.0 Å². The van der Waals surface area contributed by atoms with Crippen LogP contribution in [-0.2, 0) is 14.3 Å². The lowest BCUT2D eigenvalue weighted by Gasteiger charge is -2.36. The molecule has 2 amide bonds. The standard InChI is InChI=1S/C14H25N3O3/c1-10-9-20-11(2)7-17(10)8-13(18)16-12-5-3-4-6-15-14(12)19/h10-12H,3-9H2,1-2H3,(H,15,19)(H,16,18)/t10-,11+,12+/m0/s1. The van der Waals surface area contributed by atoms with Gasteiger partial charge in [0.15, 0.2) is 0 Å². The summed E-state index contributed by atoms with van der Waals surface area (Å²) in [4.78, 5) is 26.0. The molecule has 2 heterocycles. The van der Waals surface area contributed by atoms with E-state index in [4.69, 9.17) is 4.74 Å². The zero-order valence-corrected chi connectivity index (χ0v) is 12.4. The molecule has 2 N–H and O–H groups in total. The number of hydrogen-bond donors (Lipinski definition) is 2. The van der Waals surface area contributed by atoms with Crippen molar-refractivity contribution in [1.29, 1.82) is 0 Å². The van der Waals surface area contributed by atoms with E-state index in [1.807, 2.05) is 6.92 Å². The summed E-state index contributed by atoms with van der Waals surface area (Å²) in [5.41, 5.74) is 0. The molecule has 6 nitrogen and oxygen atoms in total. The van der Waals surface area contributed by atoms with Gasteiger partial charge in [-0.05, 0) is 33.1 Å². The number of nitrogens with zero attached hydrogens (tertiary/aromatic N) is 1. The zero-order valence-electron chi connectivity index (χ0n) is 12.4. The Morgan fingerprint density at radius 1 is 1.45 bits per heavy atom. The summed E-state index contributed by atoms with van der Waals surface area (Å²) >= 11 is 0. The third kappa shape index (κ3) is 4.18. The van der Waals surface area contributed by atoms with Crippen molar-refractivity contribution >= 4 is 11.8 Å². The molecule has 0 radical (unpaired) electrons. The Morgan fingerprint density at radius 3 is 3.05 bits per heavy atom. The van der Waals surface area contributed by atoms with Crippen LogP contribution in [0.25, 0.3) is 0 Å². The SMILES string of the molecule is C[C@@H]1CN(CC(=O)N[C@@H]2CCCCNC2=O)[C@@H](C)CO1. The Hall–Kier alpha value is -1.14. The zero-order chi connectivity index (χ0) is 14.5. The lowest BCUT2D eigenvalue weighted by Crippen LogP contribution is -2.53. The minimum absolute atomic E-state index is 0.0563. The number of carbonyl (C=O) groups excluding carboxylic acids is 2. The fourth-order valence-corrected chi connectivity index (χ4v) is 2.69. The largest absolute Gasteiger partial charge is 0.376 e. The maximum absolute atomic E-state index is 12.1. The van der Waals surface area contributed by atoms with Crippen LogP contribution in [0.4, 0.5) is 0 Å². The van der Waals surface area contributed by atoms with Gasteiger partial charge in [0, 0.05) is 19.1 Å². The molecule has 0 aliphatic carbocycles. The summed E-state index contributed by atoms with van der Waals surface area (Å²) in [5.74, 6) is -0.132. The van der Waals surface area contributed by atoms with Crippen LogP contribution in [0.2, 0.25) is 0 Å². The number of amides is 2. The smallest absolute Gasteiger partial charge is 0.242 e. The normalized spacial score (nSPS) is 32.3. The van der Waals surface area contributed by atoms with Crippen LogP contribution in [0.5, 0.6) is 0 Å². The number of carbonyl (C=O) groups is 2. The molecule has 0 aromatic heterocycles. The van der Waals surface area contributed by atoms with Crippen LogP contribution in [0.15, 0.2) is 0 Å². The molecule has 0 saturated carbocycles. The molecule has 20 heavy (non-hydrogen) atoms. The van der Waals surface area contributed by atoms with Gasteiger partial charge in [-0.3, -0.25) is 14.5 Å². The molecule has 2 aliphatic heterocycles. The molecule has 0 spiro atoms. The van der Waals surface area contributed by atoms with Gasteiger partial charge in [-0.25, -0.2) is 0 Å². The van der Waals surface area contributed by atoms with Gasteiger partial charge in [0.05, 0.1) is 19.3 Å². The van der Waals surface area contributed by atoms with Crippen LogP contribution in [-0.4, -0.2) is 61.1 Å². The molecule has 0 bridgehead atoms. The number of hydrogen-bond acceptors (Lipinski definition) is 4. The van der Waals surface area contributed by atoms with Gasteiger partial charge in [-0.2, -0.15) is 0 Å². The molecule has 114 valence electrons. The number of nitrogens with one attached hydrogen (secondary N) is 2. The van der Waals surface area contributed by atoms with Crippen molar-refractivity contribution in [1.82, 2.24) is 15.5 Å². The summed E-state index contributed by atoms with van der Waals surface area (Å²) in [5, 5.41) is 5.69. The van der Waals surface area contributed by atoms with E-state index in [0.717, 1.165) is 25.8 Å². The summed E-state index contributed by atoms with van der Waals surface area (Å²) in [7, 11) is 0. The molecule has 2 rings (SSSR count). The van der Waals surface area contributed by atoms with E-state index in [1.54, 1.807) is 0 Å². The molecule has 6 heteroatoms. The molecule has 3 atom stereocenters. The van der Waals surface area contributed by atoms with E-state index in [1.165, 1.54) is 0 Å². The second kappa shape index (κ2) is 7.04. The molecular formula is C14H25N3O3. The van der Waals surface area contributed by atoms with Gasteiger partial charge in [-0.1, -0.05) is 0 Å². The fraction of sp³-hybridized carbons (Fsp3) is 0.857. The van der Waals surface area contributed by atoms with E-state index in [9.17, 15) is 9.59 Å². The first kappa shape index (κ1) is 15.3. The molecule has 0 unspecified atom stereocenters. The first-order chi connectivity index (χ1) is 9.56. The predicted octanol–water partition coefficient (Wildman–Crippen LogP) is -0.119. The van der Waals surface area contributed by atoms with Crippen molar-refractivity contribution in [2.24, 2.45) is 0 Å². The minimum Gasteiger partial charge on any atom is -0.376 e. The first-order valence-corrected chi connectivity index (χ1v) is 7.49. The fourth-order valence-electron chi connectivity index (χ4n) is 2.69. The maximum atomic E-state index is 12.1. The van der Waals surface area contributed by atoms with Gasteiger partial charge >= 0.3 is 0 Å². The Balaban J connectivity index is 1.83. The maximum Gasteiger partial charge on any atom is 0.242 e. The van der Waals surface area contributed by atoms with Crippen LogP contribution in [0.1, 0.15) is 33.1 Å². The van der Waals surface area contributed by atoms with E-state index < -0.39 is 0 Å². The highest BCUT2D eigenvalue weighted by molar-refractivity contribution is 5.88. The van der Waals surface area contributed by atoms with Crippen molar-refractivity contribution in [2.75, 3.05) is 26.2 Å². The van der Waals surface area contributed by atoms with Crippen molar-refractivity contribution in [3.05, 3.63) is 0 Å². The number of morpholine rings is 1. The quantitative estimate of drug-likeness (QED) is 0.757. The third-order valence-electron chi connectivity index (χ3n) is 3.95. The molecular weight excluding hydrogens is 258 g/mol. The third-order valence-corrected chi connectivity index (χ3v) is 3.95. The summed E-state index contributed by atoms with van der Waals surface area (Å²) < 4.78 is 5.55. The van der Waals surface area contributed by atoms with E-state index in [2.05, 4.69) is 22.5 Å². The molecule has 2 saturated heterocycles. The van der Waals surface area contributed by atoms with Crippen molar-refractivity contribution in [3.63, 3.8) is 0 Å². The molecule has 2 aliphatic rings. The van der Waals surface area contributed by atoms with Gasteiger partial charge in [0.2, 0.25) is 11.8 Å². The van der Waals surface area contributed by atoms with Crippen LogP contribution in [0, 0.1) is 0 Å². The highest BCUT2D eigenvalue weighted by Crippen LogP contribution is 2.11. The minimum atomic E-state index is -0.376.